The second-order valence-electron chi connectivity index (χ2n) is 2.65. The fourth-order valence-electron chi connectivity index (χ4n) is 0.926. The van der Waals surface area contributed by atoms with E-state index < -0.39 is 6.17 Å². The van der Waals surface area contributed by atoms with E-state index in [1.54, 1.807) is 0 Å². The van der Waals surface area contributed by atoms with Crippen molar-refractivity contribution in [3.63, 3.8) is 0 Å². The second kappa shape index (κ2) is 5.94. The van der Waals surface area contributed by atoms with E-state index in [9.17, 15) is 9.18 Å². The van der Waals surface area contributed by atoms with Gasteiger partial charge in [-0.15, -0.1) is 0 Å². The van der Waals surface area contributed by atoms with Crippen LogP contribution < -0.4 is 0 Å². The lowest BCUT2D eigenvalue weighted by molar-refractivity contribution is -0.135. The van der Waals surface area contributed by atoms with Gasteiger partial charge in [0.1, 0.15) is 12.8 Å². The monoisotopic (exact) mass is 177 g/mol. The minimum absolute atomic E-state index is 0.0283. The summed E-state index contributed by atoms with van der Waals surface area (Å²) in [6, 6.07) is 0. The third-order valence-corrected chi connectivity index (χ3v) is 1.47. The number of carbonyl (C=O) groups excluding carboxylic acids is 1. The molecule has 0 bridgehead atoms. The number of rotatable bonds is 5. The number of likely N-dealkylation sites (N-methyl/N-ethyl adjacent to an activating group) is 1. The van der Waals surface area contributed by atoms with Gasteiger partial charge in [-0.2, -0.15) is 0 Å². The zero-order chi connectivity index (χ0) is 9.56. The van der Waals surface area contributed by atoms with Gasteiger partial charge in [0.2, 0.25) is 5.91 Å². The summed E-state index contributed by atoms with van der Waals surface area (Å²) in [6.45, 7) is 3.95. The van der Waals surface area contributed by atoms with Crippen molar-refractivity contribution in [2.45, 2.75) is 20.0 Å². The predicted octanol–water partition coefficient (Wildman–Crippen LogP) is 0.839. The SMILES string of the molecule is CCN(C[C@H](C)F)C(=O)COC. The van der Waals surface area contributed by atoms with Gasteiger partial charge in [0.15, 0.2) is 0 Å². The van der Waals surface area contributed by atoms with Gasteiger partial charge in [-0.1, -0.05) is 0 Å². The summed E-state index contributed by atoms with van der Waals surface area (Å²) in [5.41, 5.74) is 0. The summed E-state index contributed by atoms with van der Waals surface area (Å²) in [4.78, 5) is 12.6. The molecule has 0 aromatic heterocycles. The van der Waals surface area contributed by atoms with Crippen LogP contribution in [0.15, 0.2) is 0 Å². The largest absolute Gasteiger partial charge is 0.375 e. The van der Waals surface area contributed by atoms with Gasteiger partial charge in [0.05, 0.1) is 6.54 Å². The molecule has 0 unspecified atom stereocenters. The fraction of sp³-hybridized carbons (Fsp3) is 0.875. The quantitative estimate of drug-likeness (QED) is 0.622. The van der Waals surface area contributed by atoms with Gasteiger partial charge in [-0.25, -0.2) is 4.39 Å². The minimum atomic E-state index is -0.981. The van der Waals surface area contributed by atoms with Crippen LogP contribution in [0, 0.1) is 0 Å². The average Bonchev–Trinajstić information content (AvgIpc) is 2.00. The van der Waals surface area contributed by atoms with Crippen LogP contribution in [-0.4, -0.2) is 43.8 Å². The molecule has 3 nitrogen and oxygen atoms in total. The topological polar surface area (TPSA) is 29.5 Å². The number of methoxy groups -OCH3 is 1. The number of carbonyl (C=O) groups is 1. The van der Waals surface area contributed by atoms with Crippen molar-refractivity contribution in [3.05, 3.63) is 0 Å². The first kappa shape index (κ1) is 11.4. The van der Waals surface area contributed by atoms with Crippen molar-refractivity contribution < 1.29 is 13.9 Å². The Balaban J connectivity index is 3.87. The smallest absolute Gasteiger partial charge is 0.248 e. The van der Waals surface area contributed by atoms with Crippen LogP contribution in [-0.2, 0) is 9.53 Å². The Morgan fingerprint density at radius 3 is 2.58 bits per heavy atom. The van der Waals surface area contributed by atoms with E-state index in [2.05, 4.69) is 4.74 Å². The molecule has 4 heteroatoms. The standard InChI is InChI=1S/C8H16FNO2/c1-4-10(5-7(2)9)8(11)6-12-3/h7H,4-6H2,1-3H3/t7-/m0/s1. The summed E-state index contributed by atoms with van der Waals surface area (Å²) >= 11 is 0. The van der Waals surface area contributed by atoms with Crippen molar-refractivity contribution in [2.75, 3.05) is 26.8 Å². The van der Waals surface area contributed by atoms with Crippen molar-refractivity contribution in [2.24, 2.45) is 0 Å². The molecule has 1 atom stereocenters. The molecule has 0 aliphatic rings. The first-order valence-corrected chi connectivity index (χ1v) is 4.02. The summed E-state index contributed by atoms with van der Waals surface area (Å²) in [5.74, 6) is -0.162. The molecule has 0 aromatic carbocycles. The molecule has 72 valence electrons. The Bertz CT molecular complexity index is 139. The third-order valence-electron chi connectivity index (χ3n) is 1.47. The number of hydrogen-bond acceptors (Lipinski definition) is 2. The number of nitrogens with zero attached hydrogens (tertiary/aromatic N) is 1. The molecule has 12 heavy (non-hydrogen) atoms. The van der Waals surface area contributed by atoms with E-state index in [1.807, 2.05) is 6.92 Å². The molecule has 0 aliphatic heterocycles. The van der Waals surface area contributed by atoms with Crippen LogP contribution in [0.3, 0.4) is 0 Å². The molecule has 0 saturated heterocycles. The molecule has 0 saturated carbocycles. The number of ether oxygens (including phenoxy) is 1. The summed E-state index contributed by atoms with van der Waals surface area (Å²) < 4.78 is 17.2. The highest BCUT2D eigenvalue weighted by molar-refractivity contribution is 5.77. The van der Waals surface area contributed by atoms with Crippen LogP contribution in [0.5, 0.6) is 0 Å². The Morgan fingerprint density at radius 2 is 2.25 bits per heavy atom. The van der Waals surface area contributed by atoms with Gasteiger partial charge in [0.25, 0.3) is 0 Å². The number of halogens is 1. The number of hydrogen-bond donors (Lipinski definition) is 0. The van der Waals surface area contributed by atoms with Crippen LogP contribution in [0.2, 0.25) is 0 Å². The van der Waals surface area contributed by atoms with E-state index in [-0.39, 0.29) is 19.1 Å². The second-order valence-corrected chi connectivity index (χ2v) is 2.65. The lowest BCUT2D eigenvalue weighted by Gasteiger charge is -2.20. The van der Waals surface area contributed by atoms with E-state index >= 15 is 0 Å². The van der Waals surface area contributed by atoms with E-state index in [0.29, 0.717) is 6.54 Å². The maximum Gasteiger partial charge on any atom is 0.248 e. The fourth-order valence-corrected chi connectivity index (χ4v) is 0.926. The summed E-state index contributed by atoms with van der Waals surface area (Å²) in [5, 5.41) is 0. The van der Waals surface area contributed by atoms with Crippen LogP contribution >= 0.6 is 0 Å². The Morgan fingerprint density at radius 1 is 1.67 bits per heavy atom. The van der Waals surface area contributed by atoms with E-state index in [1.165, 1.54) is 18.9 Å². The Labute approximate surface area is 72.5 Å². The first-order chi connectivity index (χ1) is 5.61. The highest BCUT2D eigenvalue weighted by Gasteiger charge is 2.13. The van der Waals surface area contributed by atoms with E-state index in [0.717, 1.165) is 0 Å². The third kappa shape index (κ3) is 4.28. The molecule has 0 aliphatic carbocycles. The molecule has 0 heterocycles. The van der Waals surface area contributed by atoms with Gasteiger partial charge in [0, 0.05) is 13.7 Å². The lowest BCUT2D eigenvalue weighted by Crippen LogP contribution is -2.37. The molecule has 0 radical (unpaired) electrons. The number of alkyl halides is 1. The molecule has 1 amide bonds. The first-order valence-electron chi connectivity index (χ1n) is 4.02. The predicted molar refractivity (Wildman–Crippen MR) is 44.7 cm³/mol. The molecule has 0 spiro atoms. The van der Waals surface area contributed by atoms with Crippen molar-refractivity contribution in [1.29, 1.82) is 0 Å². The van der Waals surface area contributed by atoms with E-state index in [4.69, 9.17) is 0 Å². The van der Waals surface area contributed by atoms with Crippen molar-refractivity contribution >= 4 is 5.91 Å². The Kier molecular flexibility index (Phi) is 5.62. The van der Waals surface area contributed by atoms with Gasteiger partial charge >= 0.3 is 0 Å². The van der Waals surface area contributed by atoms with Gasteiger partial charge in [-0.05, 0) is 13.8 Å². The molecular weight excluding hydrogens is 161 g/mol. The van der Waals surface area contributed by atoms with Crippen LogP contribution in [0.1, 0.15) is 13.8 Å². The highest BCUT2D eigenvalue weighted by atomic mass is 19.1. The number of amides is 1. The Hall–Kier alpha value is -0.640. The summed E-state index contributed by atoms with van der Waals surface area (Å²) in [6.07, 6.45) is -0.981. The summed E-state index contributed by atoms with van der Waals surface area (Å²) in [7, 11) is 1.45. The van der Waals surface area contributed by atoms with Gasteiger partial charge in [-0.3, -0.25) is 4.79 Å². The molecule has 0 N–H and O–H groups in total. The average molecular weight is 177 g/mol. The van der Waals surface area contributed by atoms with Crippen LogP contribution in [0.25, 0.3) is 0 Å². The molecule has 0 fully saturated rings. The van der Waals surface area contributed by atoms with Gasteiger partial charge < -0.3 is 9.64 Å². The normalized spacial score (nSPS) is 12.7. The lowest BCUT2D eigenvalue weighted by atomic mass is 10.3. The zero-order valence-corrected chi connectivity index (χ0v) is 7.84. The van der Waals surface area contributed by atoms with Crippen molar-refractivity contribution in [3.8, 4) is 0 Å². The van der Waals surface area contributed by atoms with Crippen molar-refractivity contribution in [1.82, 2.24) is 4.90 Å². The molecule has 0 rings (SSSR count). The zero-order valence-electron chi connectivity index (χ0n) is 7.84. The molecular formula is C8H16FNO2. The van der Waals surface area contributed by atoms with Crippen LogP contribution in [0.4, 0.5) is 4.39 Å². The molecule has 0 aromatic rings. The highest BCUT2D eigenvalue weighted by Crippen LogP contribution is 1.96. The maximum absolute atomic E-state index is 12.5. The minimum Gasteiger partial charge on any atom is -0.375 e. The maximum atomic E-state index is 12.5.